The van der Waals surface area contributed by atoms with E-state index in [1.807, 2.05) is 0 Å². The number of hydrogen-bond acceptors (Lipinski definition) is 0. The lowest BCUT2D eigenvalue weighted by molar-refractivity contribution is 0.877. The lowest BCUT2D eigenvalue weighted by Gasteiger charge is -2.14. The van der Waals surface area contributed by atoms with Crippen LogP contribution in [0.4, 0.5) is 0 Å². The first-order valence-electron chi connectivity index (χ1n) is 6.59. The lowest BCUT2D eigenvalue weighted by Crippen LogP contribution is -1.92. The summed E-state index contributed by atoms with van der Waals surface area (Å²) < 4.78 is 0. The molecule has 0 spiro atoms. The van der Waals surface area contributed by atoms with E-state index >= 15 is 0 Å². The molecular formula is C18H18. The first kappa shape index (κ1) is 11.3. The quantitative estimate of drug-likeness (QED) is 0.493. The summed E-state index contributed by atoms with van der Waals surface area (Å²) in [5, 5.41) is 5.53. The van der Waals surface area contributed by atoms with Gasteiger partial charge in [-0.25, -0.2) is 0 Å². The van der Waals surface area contributed by atoms with Gasteiger partial charge in [0.2, 0.25) is 0 Å². The summed E-state index contributed by atoms with van der Waals surface area (Å²) in [4.78, 5) is 0. The number of benzene rings is 3. The number of fused-ring (bicyclic) bond motifs is 3. The molecule has 0 amide bonds. The third-order valence-electron chi connectivity index (χ3n) is 3.78. The average Bonchev–Trinajstić information content (AvgIpc) is 2.38. The molecular weight excluding hydrogens is 216 g/mol. The van der Waals surface area contributed by atoms with Crippen molar-refractivity contribution in [3.05, 3.63) is 59.7 Å². The smallest absolute Gasteiger partial charge is 0.00680 e. The molecule has 0 unspecified atom stereocenters. The van der Waals surface area contributed by atoms with Crippen molar-refractivity contribution in [1.82, 2.24) is 0 Å². The van der Waals surface area contributed by atoms with Crippen LogP contribution in [-0.4, -0.2) is 0 Å². The Morgan fingerprint density at radius 2 is 1.56 bits per heavy atom. The van der Waals surface area contributed by atoms with E-state index in [1.54, 1.807) is 0 Å². The summed E-state index contributed by atoms with van der Waals surface area (Å²) >= 11 is 0. The molecule has 0 nitrogen and oxygen atoms in total. The lowest BCUT2D eigenvalue weighted by atomic mass is 9.90. The Morgan fingerprint density at radius 3 is 2.33 bits per heavy atom. The second-order valence-corrected chi connectivity index (χ2v) is 5.34. The first-order chi connectivity index (χ1) is 8.68. The Morgan fingerprint density at radius 1 is 0.778 bits per heavy atom. The monoisotopic (exact) mass is 234 g/mol. The largest absolute Gasteiger partial charge is 0.0616 e. The van der Waals surface area contributed by atoms with Crippen LogP contribution in [0.1, 0.15) is 30.9 Å². The van der Waals surface area contributed by atoms with Crippen LogP contribution in [0, 0.1) is 6.92 Å². The van der Waals surface area contributed by atoms with Crippen LogP contribution in [0.5, 0.6) is 0 Å². The standard InChI is InChI=1S/C18H18/c1-12(2)15-10-8-13(3)16-11-9-14-6-4-5-7-17(14)18(15)16/h4-12H,1-3H3. The molecule has 0 aliphatic rings. The highest BCUT2D eigenvalue weighted by Crippen LogP contribution is 2.33. The van der Waals surface area contributed by atoms with Crippen LogP contribution >= 0.6 is 0 Å². The van der Waals surface area contributed by atoms with Gasteiger partial charge >= 0.3 is 0 Å². The van der Waals surface area contributed by atoms with E-state index in [1.165, 1.54) is 32.7 Å². The van der Waals surface area contributed by atoms with Crippen LogP contribution in [0.15, 0.2) is 48.5 Å². The summed E-state index contributed by atoms with van der Waals surface area (Å²) in [7, 11) is 0. The van der Waals surface area contributed by atoms with Crippen LogP contribution in [0.3, 0.4) is 0 Å². The third kappa shape index (κ3) is 1.60. The molecule has 0 aliphatic carbocycles. The van der Waals surface area contributed by atoms with Gasteiger partial charge in [0.05, 0.1) is 0 Å². The summed E-state index contributed by atoms with van der Waals surface area (Å²) in [5.74, 6) is 0.555. The second-order valence-electron chi connectivity index (χ2n) is 5.34. The average molecular weight is 234 g/mol. The number of aryl methyl sites for hydroxylation is 1. The number of hydrogen-bond donors (Lipinski definition) is 0. The van der Waals surface area contributed by atoms with E-state index in [9.17, 15) is 0 Å². The maximum atomic E-state index is 2.29. The predicted octanol–water partition coefficient (Wildman–Crippen LogP) is 5.42. The van der Waals surface area contributed by atoms with E-state index in [4.69, 9.17) is 0 Å². The SMILES string of the molecule is Cc1ccc(C(C)C)c2c1ccc1ccccc12. The van der Waals surface area contributed by atoms with E-state index in [0.717, 1.165) is 0 Å². The minimum Gasteiger partial charge on any atom is -0.0616 e. The molecule has 0 fully saturated rings. The van der Waals surface area contributed by atoms with Crippen LogP contribution in [0.2, 0.25) is 0 Å². The summed E-state index contributed by atoms with van der Waals surface area (Å²) in [6.45, 7) is 6.74. The zero-order valence-corrected chi connectivity index (χ0v) is 11.2. The van der Waals surface area contributed by atoms with Crippen LogP contribution in [0.25, 0.3) is 21.5 Å². The first-order valence-corrected chi connectivity index (χ1v) is 6.59. The topological polar surface area (TPSA) is 0 Å². The molecule has 90 valence electrons. The fourth-order valence-electron chi connectivity index (χ4n) is 2.78. The van der Waals surface area contributed by atoms with Crippen molar-refractivity contribution in [3.8, 4) is 0 Å². The molecule has 18 heavy (non-hydrogen) atoms. The van der Waals surface area contributed by atoms with Crippen molar-refractivity contribution < 1.29 is 0 Å². The molecule has 0 aromatic heterocycles. The van der Waals surface area contributed by atoms with Gasteiger partial charge in [-0.2, -0.15) is 0 Å². The highest BCUT2D eigenvalue weighted by molar-refractivity contribution is 6.10. The van der Waals surface area contributed by atoms with Gasteiger partial charge < -0.3 is 0 Å². The van der Waals surface area contributed by atoms with Crippen molar-refractivity contribution in [1.29, 1.82) is 0 Å². The van der Waals surface area contributed by atoms with Gasteiger partial charge in [-0.3, -0.25) is 0 Å². The van der Waals surface area contributed by atoms with Gasteiger partial charge in [0.15, 0.2) is 0 Å². The van der Waals surface area contributed by atoms with Gasteiger partial charge in [0.25, 0.3) is 0 Å². The minimum absolute atomic E-state index is 0.555. The fourth-order valence-corrected chi connectivity index (χ4v) is 2.78. The molecule has 0 N–H and O–H groups in total. The third-order valence-corrected chi connectivity index (χ3v) is 3.78. The van der Waals surface area contributed by atoms with Gasteiger partial charge in [-0.05, 0) is 45.5 Å². The van der Waals surface area contributed by atoms with Gasteiger partial charge in [-0.15, -0.1) is 0 Å². The highest BCUT2D eigenvalue weighted by atomic mass is 14.1. The summed E-state index contributed by atoms with van der Waals surface area (Å²) in [6, 6.07) is 17.7. The van der Waals surface area contributed by atoms with E-state index in [2.05, 4.69) is 69.3 Å². The molecule has 3 aromatic rings. The van der Waals surface area contributed by atoms with E-state index < -0.39 is 0 Å². The molecule has 3 aromatic carbocycles. The summed E-state index contributed by atoms with van der Waals surface area (Å²) in [5.41, 5.74) is 2.81. The van der Waals surface area contributed by atoms with Crippen LogP contribution < -0.4 is 0 Å². The maximum Gasteiger partial charge on any atom is -0.00680 e. The predicted molar refractivity (Wildman–Crippen MR) is 80.3 cm³/mol. The molecule has 0 bridgehead atoms. The molecule has 0 saturated heterocycles. The minimum atomic E-state index is 0.555. The Labute approximate surface area is 108 Å². The Balaban J connectivity index is 2.58. The van der Waals surface area contributed by atoms with E-state index in [0.29, 0.717) is 5.92 Å². The molecule has 0 atom stereocenters. The van der Waals surface area contributed by atoms with Crippen LogP contribution in [-0.2, 0) is 0 Å². The fraction of sp³-hybridized carbons (Fsp3) is 0.222. The normalized spacial score (nSPS) is 11.6. The number of rotatable bonds is 1. The van der Waals surface area contributed by atoms with Gasteiger partial charge in [0.1, 0.15) is 0 Å². The van der Waals surface area contributed by atoms with Crippen molar-refractivity contribution in [2.24, 2.45) is 0 Å². The maximum absolute atomic E-state index is 2.29. The molecule has 0 heterocycles. The van der Waals surface area contributed by atoms with Crippen molar-refractivity contribution in [2.75, 3.05) is 0 Å². The zero-order valence-electron chi connectivity index (χ0n) is 11.2. The highest BCUT2D eigenvalue weighted by Gasteiger charge is 2.09. The second kappa shape index (κ2) is 4.13. The zero-order chi connectivity index (χ0) is 12.7. The van der Waals surface area contributed by atoms with E-state index in [-0.39, 0.29) is 0 Å². The van der Waals surface area contributed by atoms with Crippen molar-refractivity contribution in [2.45, 2.75) is 26.7 Å². The Bertz CT molecular complexity index is 721. The summed E-state index contributed by atoms with van der Waals surface area (Å²) in [6.07, 6.45) is 0. The van der Waals surface area contributed by atoms with Gasteiger partial charge in [-0.1, -0.05) is 62.4 Å². The van der Waals surface area contributed by atoms with Gasteiger partial charge in [0, 0.05) is 0 Å². The molecule has 3 rings (SSSR count). The van der Waals surface area contributed by atoms with Crippen molar-refractivity contribution >= 4 is 21.5 Å². The molecule has 0 heteroatoms. The Hall–Kier alpha value is -1.82. The molecule has 0 radical (unpaired) electrons. The molecule has 0 saturated carbocycles. The van der Waals surface area contributed by atoms with Crippen molar-refractivity contribution in [3.63, 3.8) is 0 Å². The molecule has 0 aliphatic heterocycles. The Kier molecular flexibility index (Phi) is 2.59.